The van der Waals surface area contributed by atoms with Crippen LogP contribution in [0.4, 0.5) is 10.5 Å². The van der Waals surface area contributed by atoms with Crippen LogP contribution in [0.1, 0.15) is 26.3 Å². The number of nitrogens with zero attached hydrogens (tertiary/aromatic N) is 2. The molecule has 4 nitrogen and oxygen atoms in total. The summed E-state index contributed by atoms with van der Waals surface area (Å²) in [4.78, 5) is 16.4. The third-order valence-corrected chi connectivity index (χ3v) is 4.72. The van der Waals surface area contributed by atoms with Crippen molar-refractivity contribution in [1.82, 2.24) is 4.90 Å². The van der Waals surface area contributed by atoms with Crippen molar-refractivity contribution in [3.8, 4) is 0 Å². The number of ether oxygens (including phenoxy) is 1. The van der Waals surface area contributed by atoms with Gasteiger partial charge in [-0.1, -0.05) is 48.5 Å². The molecular weight excluding hydrogens is 336 g/mol. The van der Waals surface area contributed by atoms with Crippen LogP contribution in [0.5, 0.6) is 0 Å². The average Bonchev–Trinajstić information content (AvgIpc) is 2.60. The number of carbonyl (C=O) groups excluding carboxylic acids is 1. The minimum atomic E-state index is -0.437. The zero-order valence-electron chi connectivity index (χ0n) is 16.6. The predicted octanol–water partition coefficient (Wildman–Crippen LogP) is 4.60. The van der Waals surface area contributed by atoms with Gasteiger partial charge in [0, 0.05) is 37.8 Å². The van der Waals surface area contributed by atoms with Crippen LogP contribution in [0.25, 0.3) is 0 Å². The molecule has 3 rings (SSSR count). The lowest BCUT2D eigenvalue weighted by Crippen LogP contribution is -2.55. The van der Waals surface area contributed by atoms with E-state index in [9.17, 15) is 4.79 Å². The van der Waals surface area contributed by atoms with Crippen molar-refractivity contribution in [2.75, 3.05) is 31.1 Å². The SMILES string of the molecule is CC(C)(C)OC(=O)N1CC(CN(CCc2ccccc2)c2ccccc2)C1. The van der Waals surface area contributed by atoms with Crippen molar-refractivity contribution in [3.63, 3.8) is 0 Å². The lowest BCUT2D eigenvalue weighted by Gasteiger charge is -2.42. The number of hydrogen-bond acceptors (Lipinski definition) is 3. The maximum atomic E-state index is 12.1. The molecule has 0 aliphatic carbocycles. The van der Waals surface area contributed by atoms with Gasteiger partial charge in [-0.3, -0.25) is 0 Å². The van der Waals surface area contributed by atoms with Crippen molar-refractivity contribution in [1.29, 1.82) is 0 Å². The Morgan fingerprint density at radius 3 is 2.22 bits per heavy atom. The summed E-state index contributed by atoms with van der Waals surface area (Å²) in [5.41, 5.74) is 2.15. The van der Waals surface area contributed by atoms with Gasteiger partial charge in [0.2, 0.25) is 0 Å². The van der Waals surface area contributed by atoms with Crippen LogP contribution in [-0.2, 0) is 11.2 Å². The van der Waals surface area contributed by atoms with Gasteiger partial charge in [-0.15, -0.1) is 0 Å². The molecule has 144 valence electrons. The minimum absolute atomic E-state index is 0.200. The second-order valence-corrected chi connectivity index (χ2v) is 8.27. The molecule has 1 aliphatic rings. The van der Waals surface area contributed by atoms with Crippen LogP contribution >= 0.6 is 0 Å². The highest BCUT2D eigenvalue weighted by Crippen LogP contribution is 2.23. The summed E-state index contributed by atoms with van der Waals surface area (Å²) >= 11 is 0. The van der Waals surface area contributed by atoms with E-state index in [2.05, 4.69) is 59.5 Å². The van der Waals surface area contributed by atoms with E-state index in [1.807, 2.05) is 26.8 Å². The Morgan fingerprint density at radius 2 is 1.63 bits per heavy atom. The molecule has 1 aliphatic heterocycles. The average molecular weight is 367 g/mol. The lowest BCUT2D eigenvalue weighted by molar-refractivity contribution is 0.0000791. The molecule has 0 radical (unpaired) electrons. The Balaban J connectivity index is 1.56. The van der Waals surface area contributed by atoms with Gasteiger partial charge < -0.3 is 14.5 Å². The van der Waals surface area contributed by atoms with Crippen LogP contribution in [-0.4, -0.2) is 42.8 Å². The van der Waals surface area contributed by atoms with E-state index < -0.39 is 5.60 Å². The van der Waals surface area contributed by atoms with Crippen LogP contribution in [0, 0.1) is 5.92 Å². The molecule has 0 spiro atoms. The van der Waals surface area contributed by atoms with Crippen LogP contribution < -0.4 is 4.90 Å². The van der Waals surface area contributed by atoms with E-state index in [4.69, 9.17) is 4.74 Å². The molecule has 2 aromatic carbocycles. The highest BCUT2D eigenvalue weighted by atomic mass is 16.6. The largest absolute Gasteiger partial charge is 0.444 e. The summed E-state index contributed by atoms with van der Waals surface area (Å²) in [6.07, 6.45) is 0.812. The minimum Gasteiger partial charge on any atom is -0.444 e. The first-order valence-electron chi connectivity index (χ1n) is 9.72. The number of amides is 1. The summed E-state index contributed by atoms with van der Waals surface area (Å²) in [7, 11) is 0. The Labute approximate surface area is 162 Å². The molecule has 0 bridgehead atoms. The fourth-order valence-corrected chi connectivity index (χ4v) is 3.35. The van der Waals surface area contributed by atoms with Crippen molar-refractivity contribution in [3.05, 3.63) is 66.2 Å². The fourth-order valence-electron chi connectivity index (χ4n) is 3.35. The van der Waals surface area contributed by atoms with Crippen molar-refractivity contribution < 1.29 is 9.53 Å². The Hall–Kier alpha value is -2.49. The van der Waals surface area contributed by atoms with Gasteiger partial charge >= 0.3 is 6.09 Å². The maximum Gasteiger partial charge on any atom is 0.410 e. The quantitative estimate of drug-likeness (QED) is 0.749. The summed E-state index contributed by atoms with van der Waals surface area (Å²) in [5.74, 6) is 0.480. The molecule has 4 heteroatoms. The normalized spacial score (nSPS) is 14.6. The zero-order valence-corrected chi connectivity index (χ0v) is 16.6. The van der Waals surface area contributed by atoms with E-state index >= 15 is 0 Å². The van der Waals surface area contributed by atoms with Gasteiger partial charge in [0.15, 0.2) is 0 Å². The number of benzene rings is 2. The highest BCUT2D eigenvalue weighted by molar-refractivity contribution is 5.69. The second-order valence-electron chi connectivity index (χ2n) is 8.27. The third-order valence-electron chi connectivity index (χ3n) is 4.72. The van der Waals surface area contributed by atoms with Crippen LogP contribution in [0.2, 0.25) is 0 Å². The number of para-hydroxylation sites is 1. The third kappa shape index (κ3) is 5.75. The molecule has 1 amide bonds. The lowest BCUT2D eigenvalue weighted by atomic mass is 9.99. The number of likely N-dealkylation sites (tertiary alicyclic amines) is 1. The molecule has 0 N–H and O–H groups in total. The smallest absolute Gasteiger partial charge is 0.410 e. The molecule has 1 fully saturated rings. The predicted molar refractivity (Wildman–Crippen MR) is 110 cm³/mol. The topological polar surface area (TPSA) is 32.8 Å². The molecule has 2 aromatic rings. The van der Waals surface area contributed by atoms with E-state index in [1.165, 1.54) is 11.3 Å². The van der Waals surface area contributed by atoms with E-state index in [-0.39, 0.29) is 6.09 Å². The standard InChI is InChI=1S/C23H30N2O2/c1-23(2,3)27-22(26)25-17-20(18-25)16-24(21-12-8-5-9-13-21)15-14-19-10-6-4-7-11-19/h4-13,20H,14-18H2,1-3H3. The van der Waals surface area contributed by atoms with E-state index in [1.54, 1.807) is 4.90 Å². The van der Waals surface area contributed by atoms with Gasteiger partial charge in [-0.2, -0.15) is 0 Å². The van der Waals surface area contributed by atoms with Gasteiger partial charge in [0.1, 0.15) is 5.60 Å². The monoisotopic (exact) mass is 366 g/mol. The molecule has 1 heterocycles. The molecule has 0 unspecified atom stereocenters. The number of rotatable bonds is 6. The molecule has 1 saturated heterocycles. The Kier molecular flexibility index (Phi) is 6.04. The van der Waals surface area contributed by atoms with Gasteiger partial charge in [0.05, 0.1) is 0 Å². The molecule has 0 saturated carbocycles. The van der Waals surface area contributed by atoms with E-state index in [0.29, 0.717) is 5.92 Å². The van der Waals surface area contributed by atoms with Crippen molar-refractivity contribution >= 4 is 11.8 Å². The highest BCUT2D eigenvalue weighted by Gasteiger charge is 2.34. The van der Waals surface area contributed by atoms with Crippen LogP contribution in [0.15, 0.2) is 60.7 Å². The van der Waals surface area contributed by atoms with Gasteiger partial charge in [-0.05, 0) is 44.9 Å². The second kappa shape index (κ2) is 8.47. The van der Waals surface area contributed by atoms with Crippen molar-refractivity contribution in [2.24, 2.45) is 5.92 Å². The number of carbonyl (C=O) groups is 1. The summed E-state index contributed by atoms with van der Waals surface area (Å²) < 4.78 is 5.46. The van der Waals surface area contributed by atoms with Gasteiger partial charge in [-0.25, -0.2) is 4.79 Å². The summed E-state index contributed by atoms with van der Waals surface area (Å²) in [6, 6.07) is 21.1. The Bertz CT molecular complexity index is 719. The molecule has 27 heavy (non-hydrogen) atoms. The Morgan fingerprint density at radius 1 is 1.04 bits per heavy atom. The first-order valence-corrected chi connectivity index (χ1v) is 9.72. The first kappa shape index (κ1) is 19.3. The molecule has 0 atom stereocenters. The van der Waals surface area contributed by atoms with Gasteiger partial charge in [0.25, 0.3) is 0 Å². The van der Waals surface area contributed by atoms with Crippen LogP contribution in [0.3, 0.4) is 0 Å². The number of hydrogen-bond donors (Lipinski definition) is 0. The van der Waals surface area contributed by atoms with Crippen molar-refractivity contribution in [2.45, 2.75) is 32.8 Å². The first-order chi connectivity index (χ1) is 12.9. The summed E-state index contributed by atoms with van der Waals surface area (Å²) in [5, 5.41) is 0. The zero-order chi connectivity index (χ0) is 19.3. The number of anilines is 1. The summed E-state index contributed by atoms with van der Waals surface area (Å²) in [6.45, 7) is 9.18. The molecular formula is C23H30N2O2. The van der Waals surface area contributed by atoms with E-state index in [0.717, 1.165) is 32.6 Å². The fraction of sp³-hybridized carbons (Fsp3) is 0.435. The molecule has 0 aromatic heterocycles. The maximum absolute atomic E-state index is 12.1.